The van der Waals surface area contributed by atoms with Crippen molar-refractivity contribution in [2.24, 2.45) is 5.73 Å². The maximum absolute atomic E-state index is 5.44. The van der Waals surface area contributed by atoms with Crippen LogP contribution >= 0.6 is 0 Å². The highest BCUT2D eigenvalue weighted by molar-refractivity contribution is 5.63. The first kappa shape index (κ1) is 11.4. The molecule has 17 heavy (non-hydrogen) atoms. The Morgan fingerprint density at radius 3 is 2.47 bits per heavy atom. The molecule has 2 nitrogen and oxygen atoms in total. The lowest BCUT2D eigenvalue weighted by Crippen LogP contribution is -1.92. The van der Waals surface area contributed by atoms with Gasteiger partial charge in [0.2, 0.25) is 0 Å². The van der Waals surface area contributed by atoms with Crippen molar-refractivity contribution in [3.8, 4) is 0 Å². The monoisotopic (exact) mass is 224 g/mol. The third-order valence-electron chi connectivity index (χ3n) is 2.40. The zero-order valence-corrected chi connectivity index (χ0v) is 9.64. The van der Waals surface area contributed by atoms with Crippen LogP contribution < -0.4 is 11.1 Å². The largest absolute Gasteiger partial charge is 0.356 e. The third kappa shape index (κ3) is 3.47. The van der Waals surface area contributed by atoms with Gasteiger partial charge in [0.15, 0.2) is 0 Å². The number of para-hydroxylation sites is 1. The van der Waals surface area contributed by atoms with Gasteiger partial charge in [0.25, 0.3) is 0 Å². The van der Waals surface area contributed by atoms with Gasteiger partial charge in [-0.1, -0.05) is 42.5 Å². The molecule has 2 heteroatoms. The molecule has 0 spiro atoms. The molecule has 2 rings (SSSR count). The SMILES string of the molecule is NCC=Cc1cccc(Nc2ccccc2)c1. The van der Waals surface area contributed by atoms with Gasteiger partial charge in [0, 0.05) is 17.9 Å². The van der Waals surface area contributed by atoms with Crippen LogP contribution in [0.3, 0.4) is 0 Å². The Bertz CT molecular complexity index is 489. The first-order valence-electron chi connectivity index (χ1n) is 5.67. The summed E-state index contributed by atoms with van der Waals surface area (Å²) in [5, 5.41) is 3.36. The molecule has 86 valence electrons. The number of nitrogens with two attached hydrogens (primary N) is 1. The van der Waals surface area contributed by atoms with Crippen LogP contribution in [0.15, 0.2) is 60.7 Å². The van der Waals surface area contributed by atoms with Gasteiger partial charge in [0.05, 0.1) is 0 Å². The van der Waals surface area contributed by atoms with E-state index in [1.54, 1.807) is 0 Å². The quantitative estimate of drug-likeness (QED) is 0.835. The standard InChI is InChI=1S/C15H16N2/c16-11-5-7-13-6-4-10-15(12-13)17-14-8-2-1-3-9-14/h1-10,12,17H,11,16H2. The second-order valence-corrected chi connectivity index (χ2v) is 3.75. The number of benzene rings is 2. The predicted molar refractivity (Wildman–Crippen MR) is 74.3 cm³/mol. The number of anilines is 2. The normalized spacial score (nSPS) is 10.6. The van der Waals surface area contributed by atoms with E-state index in [0.29, 0.717) is 6.54 Å². The van der Waals surface area contributed by atoms with Crippen molar-refractivity contribution in [2.75, 3.05) is 11.9 Å². The molecule has 0 saturated heterocycles. The van der Waals surface area contributed by atoms with E-state index in [2.05, 4.69) is 17.4 Å². The van der Waals surface area contributed by atoms with E-state index in [-0.39, 0.29) is 0 Å². The fourth-order valence-corrected chi connectivity index (χ4v) is 1.61. The lowest BCUT2D eigenvalue weighted by molar-refractivity contribution is 1.26. The molecule has 0 amide bonds. The van der Waals surface area contributed by atoms with Crippen LogP contribution in [0.25, 0.3) is 6.08 Å². The molecule has 0 aromatic heterocycles. The van der Waals surface area contributed by atoms with E-state index in [4.69, 9.17) is 5.73 Å². The summed E-state index contributed by atoms with van der Waals surface area (Å²) < 4.78 is 0. The molecule has 0 heterocycles. The van der Waals surface area contributed by atoms with E-state index in [0.717, 1.165) is 16.9 Å². The summed E-state index contributed by atoms with van der Waals surface area (Å²) in [5.74, 6) is 0. The summed E-state index contributed by atoms with van der Waals surface area (Å²) in [6, 6.07) is 18.4. The highest BCUT2D eigenvalue weighted by Crippen LogP contribution is 2.17. The summed E-state index contributed by atoms with van der Waals surface area (Å²) in [6.07, 6.45) is 3.97. The Labute approximate surface area is 102 Å². The number of hydrogen-bond donors (Lipinski definition) is 2. The molecule has 0 radical (unpaired) electrons. The zero-order valence-electron chi connectivity index (χ0n) is 9.64. The van der Waals surface area contributed by atoms with Crippen molar-refractivity contribution in [3.05, 3.63) is 66.2 Å². The van der Waals surface area contributed by atoms with Gasteiger partial charge in [0.1, 0.15) is 0 Å². The Hall–Kier alpha value is -2.06. The molecule has 0 aliphatic rings. The van der Waals surface area contributed by atoms with Gasteiger partial charge >= 0.3 is 0 Å². The van der Waals surface area contributed by atoms with Gasteiger partial charge in [-0.3, -0.25) is 0 Å². The van der Waals surface area contributed by atoms with Crippen LogP contribution in [0.2, 0.25) is 0 Å². The van der Waals surface area contributed by atoms with E-state index in [9.17, 15) is 0 Å². The maximum Gasteiger partial charge on any atom is 0.0390 e. The van der Waals surface area contributed by atoms with Crippen molar-refractivity contribution >= 4 is 17.5 Å². The molecule has 0 unspecified atom stereocenters. The summed E-state index contributed by atoms with van der Waals surface area (Å²) in [6.45, 7) is 0.566. The lowest BCUT2D eigenvalue weighted by atomic mass is 10.2. The highest BCUT2D eigenvalue weighted by Gasteiger charge is 1.94. The summed E-state index contributed by atoms with van der Waals surface area (Å²) in [5.41, 5.74) is 8.75. The smallest absolute Gasteiger partial charge is 0.0390 e. The molecule has 3 N–H and O–H groups in total. The fraction of sp³-hybridized carbons (Fsp3) is 0.0667. The Balaban J connectivity index is 2.14. The molecule has 0 bridgehead atoms. The topological polar surface area (TPSA) is 38.0 Å². The average Bonchev–Trinajstić information content (AvgIpc) is 2.38. The van der Waals surface area contributed by atoms with Crippen LogP contribution in [0.1, 0.15) is 5.56 Å². The van der Waals surface area contributed by atoms with Gasteiger partial charge in [-0.2, -0.15) is 0 Å². The van der Waals surface area contributed by atoms with Crippen molar-refractivity contribution in [2.45, 2.75) is 0 Å². The molecular formula is C15H16N2. The van der Waals surface area contributed by atoms with Gasteiger partial charge in [-0.15, -0.1) is 0 Å². The van der Waals surface area contributed by atoms with Crippen LogP contribution in [0.4, 0.5) is 11.4 Å². The zero-order chi connectivity index (χ0) is 11.9. The molecule has 0 saturated carbocycles. The number of nitrogens with one attached hydrogen (secondary N) is 1. The maximum atomic E-state index is 5.44. The molecular weight excluding hydrogens is 208 g/mol. The van der Waals surface area contributed by atoms with Gasteiger partial charge in [-0.05, 0) is 29.8 Å². The van der Waals surface area contributed by atoms with Gasteiger partial charge in [-0.25, -0.2) is 0 Å². The molecule has 2 aromatic carbocycles. The Morgan fingerprint density at radius 2 is 1.71 bits per heavy atom. The summed E-state index contributed by atoms with van der Waals surface area (Å²) >= 11 is 0. The van der Waals surface area contributed by atoms with Crippen molar-refractivity contribution in [3.63, 3.8) is 0 Å². The second kappa shape index (κ2) is 5.87. The Morgan fingerprint density at radius 1 is 0.941 bits per heavy atom. The molecule has 0 aliphatic heterocycles. The average molecular weight is 224 g/mol. The van der Waals surface area contributed by atoms with E-state index in [1.807, 2.05) is 54.6 Å². The summed E-state index contributed by atoms with van der Waals surface area (Å²) in [7, 11) is 0. The summed E-state index contributed by atoms with van der Waals surface area (Å²) in [4.78, 5) is 0. The van der Waals surface area contributed by atoms with Crippen LogP contribution in [-0.4, -0.2) is 6.54 Å². The molecule has 0 aliphatic carbocycles. The lowest BCUT2D eigenvalue weighted by Gasteiger charge is -2.06. The Kier molecular flexibility index (Phi) is 3.95. The molecule has 0 fully saturated rings. The fourth-order valence-electron chi connectivity index (χ4n) is 1.61. The number of hydrogen-bond acceptors (Lipinski definition) is 2. The first-order chi connectivity index (χ1) is 8.38. The predicted octanol–water partition coefficient (Wildman–Crippen LogP) is 3.40. The first-order valence-corrected chi connectivity index (χ1v) is 5.67. The van der Waals surface area contributed by atoms with Crippen LogP contribution in [0, 0.1) is 0 Å². The van der Waals surface area contributed by atoms with Crippen molar-refractivity contribution < 1.29 is 0 Å². The van der Waals surface area contributed by atoms with Crippen molar-refractivity contribution in [1.29, 1.82) is 0 Å². The minimum atomic E-state index is 0.566. The molecule has 0 atom stereocenters. The van der Waals surface area contributed by atoms with Crippen LogP contribution in [0.5, 0.6) is 0 Å². The molecule has 2 aromatic rings. The number of rotatable bonds is 4. The van der Waals surface area contributed by atoms with E-state index < -0.39 is 0 Å². The van der Waals surface area contributed by atoms with E-state index in [1.165, 1.54) is 0 Å². The van der Waals surface area contributed by atoms with E-state index >= 15 is 0 Å². The second-order valence-electron chi connectivity index (χ2n) is 3.75. The minimum absolute atomic E-state index is 0.566. The third-order valence-corrected chi connectivity index (χ3v) is 2.40. The minimum Gasteiger partial charge on any atom is -0.356 e. The van der Waals surface area contributed by atoms with Crippen LogP contribution in [-0.2, 0) is 0 Å². The van der Waals surface area contributed by atoms with Crippen molar-refractivity contribution in [1.82, 2.24) is 0 Å². The van der Waals surface area contributed by atoms with Gasteiger partial charge < -0.3 is 11.1 Å². The highest BCUT2D eigenvalue weighted by atomic mass is 14.9.